The van der Waals surface area contributed by atoms with Crippen LogP contribution in [0.1, 0.15) is 31.7 Å². The highest BCUT2D eigenvalue weighted by Gasteiger charge is 2.22. The van der Waals surface area contributed by atoms with Crippen molar-refractivity contribution in [3.05, 3.63) is 35.9 Å². The summed E-state index contributed by atoms with van der Waals surface area (Å²) in [5.74, 6) is 0.785. The molecule has 2 rings (SSSR count). The summed E-state index contributed by atoms with van der Waals surface area (Å²) in [6.07, 6.45) is 5.09. The van der Waals surface area contributed by atoms with Crippen molar-refractivity contribution in [2.24, 2.45) is 5.92 Å². The summed E-state index contributed by atoms with van der Waals surface area (Å²) >= 11 is 0. The quantitative estimate of drug-likeness (QED) is 0.791. The average Bonchev–Trinajstić information content (AvgIpc) is 2.42. The molecule has 2 atom stereocenters. The van der Waals surface area contributed by atoms with E-state index in [2.05, 4.69) is 54.5 Å². The largest absolute Gasteiger partial charge is 0.314 e. The molecule has 1 N–H and O–H groups in total. The molecule has 19 heavy (non-hydrogen) atoms. The molecule has 1 saturated heterocycles. The van der Waals surface area contributed by atoms with E-state index >= 15 is 0 Å². The van der Waals surface area contributed by atoms with Gasteiger partial charge in [-0.05, 0) is 57.3 Å². The Morgan fingerprint density at radius 1 is 1.21 bits per heavy atom. The lowest BCUT2D eigenvalue weighted by atomic mass is 9.94. The average molecular weight is 260 g/mol. The summed E-state index contributed by atoms with van der Waals surface area (Å²) < 4.78 is 0. The fourth-order valence-electron chi connectivity index (χ4n) is 3.04. The van der Waals surface area contributed by atoms with Crippen molar-refractivity contribution in [1.82, 2.24) is 10.2 Å². The Balaban J connectivity index is 1.57. The minimum Gasteiger partial charge on any atom is -0.314 e. The van der Waals surface area contributed by atoms with E-state index in [9.17, 15) is 0 Å². The molecule has 0 bridgehead atoms. The maximum Gasteiger partial charge on any atom is 0.0117 e. The number of hydrogen-bond donors (Lipinski definition) is 1. The third-order valence-electron chi connectivity index (χ3n) is 4.25. The van der Waals surface area contributed by atoms with E-state index in [1.54, 1.807) is 0 Å². The van der Waals surface area contributed by atoms with Crippen LogP contribution in [0.3, 0.4) is 0 Å². The Bertz CT molecular complexity index is 350. The summed E-state index contributed by atoms with van der Waals surface area (Å²) in [4.78, 5) is 2.44. The van der Waals surface area contributed by atoms with Gasteiger partial charge in [-0.1, -0.05) is 37.3 Å². The lowest BCUT2D eigenvalue weighted by molar-refractivity contribution is 0.175. The second kappa shape index (κ2) is 7.66. The SMILES string of the molecule is CC1CN(C)CCC1NCCCCc1ccccc1. The molecule has 2 unspecified atom stereocenters. The minimum absolute atomic E-state index is 0.730. The molecule has 1 aliphatic heterocycles. The van der Waals surface area contributed by atoms with Crippen LogP contribution in [0.2, 0.25) is 0 Å². The summed E-state index contributed by atoms with van der Waals surface area (Å²) in [6, 6.07) is 11.5. The molecule has 1 heterocycles. The molecule has 0 amide bonds. The van der Waals surface area contributed by atoms with Gasteiger partial charge in [0.1, 0.15) is 0 Å². The molecule has 2 heteroatoms. The lowest BCUT2D eigenvalue weighted by Crippen LogP contribution is -2.47. The molecule has 2 nitrogen and oxygen atoms in total. The number of nitrogens with zero attached hydrogens (tertiary/aromatic N) is 1. The van der Waals surface area contributed by atoms with Crippen LogP contribution in [0.15, 0.2) is 30.3 Å². The first-order chi connectivity index (χ1) is 9.25. The Labute approximate surface area is 118 Å². The lowest BCUT2D eigenvalue weighted by Gasteiger charge is -2.35. The fraction of sp³-hybridized carbons (Fsp3) is 0.647. The molecule has 1 aromatic rings. The van der Waals surface area contributed by atoms with Gasteiger partial charge in [0.05, 0.1) is 0 Å². The number of likely N-dealkylation sites (tertiary alicyclic amines) is 1. The van der Waals surface area contributed by atoms with Gasteiger partial charge in [0.15, 0.2) is 0 Å². The summed E-state index contributed by atoms with van der Waals surface area (Å²) in [7, 11) is 2.23. The highest BCUT2D eigenvalue weighted by atomic mass is 15.1. The summed E-state index contributed by atoms with van der Waals surface area (Å²) in [6.45, 7) is 6.02. The number of benzene rings is 1. The van der Waals surface area contributed by atoms with Gasteiger partial charge in [0.25, 0.3) is 0 Å². The van der Waals surface area contributed by atoms with E-state index in [1.165, 1.54) is 50.9 Å². The van der Waals surface area contributed by atoms with Crippen molar-refractivity contribution >= 4 is 0 Å². The van der Waals surface area contributed by atoms with E-state index in [1.807, 2.05) is 0 Å². The van der Waals surface area contributed by atoms with Crippen molar-refractivity contribution in [2.45, 2.75) is 38.6 Å². The second-order valence-electron chi connectivity index (χ2n) is 6.03. The Morgan fingerprint density at radius 2 is 2.00 bits per heavy atom. The molecule has 0 aliphatic carbocycles. The van der Waals surface area contributed by atoms with E-state index in [0.29, 0.717) is 0 Å². The van der Waals surface area contributed by atoms with Gasteiger partial charge in [0.2, 0.25) is 0 Å². The van der Waals surface area contributed by atoms with Crippen LogP contribution in [-0.2, 0) is 6.42 Å². The maximum absolute atomic E-state index is 3.75. The smallest absolute Gasteiger partial charge is 0.0117 e. The highest BCUT2D eigenvalue weighted by Crippen LogP contribution is 2.15. The molecule has 1 fully saturated rings. The van der Waals surface area contributed by atoms with Crippen molar-refractivity contribution in [1.29, 1.82) is 0 Å². The van der Waals surface area contributed by atoms with Crippen LogP contribution in [0.25, 0.3) is 0 Å². The second-order valence-corrected chi connectivity index (χ2v) is 6.03. The van der Waals surface area contributed by atoms with E-state index in [0.717, 1.165) is 12.0 Å². The standard InChI is InChI=1S/C17H28N2/c1-15-14-19(2)13-11-17(15)18-12-7-6-10-16-8-4-3-5-9-16/h3-5,8-9,15,17-18H,6-7,10-14H2,1-2H3. The third-order valence-corrected chi connectivity index (χ3v) is 4.25. The van der Waals surface area contributed by atoms with Crippen LogP contribution in [0.4, 0.5) is 0 Å². The van der Waals surface area contributed by atoms with Crippen molar-refractivity contribution in [3.8, 4) is 0 Å². The topological polar surface area (TPSA) is 15.3 Å². The maximum atomic E-state index is 3.75. The predicted octanol–water partition coefficient (Wildman–Crippen LogP) is 2.94. The molecule has 0 radical (unpaired) electrons. The number of nitrogens with one attached hydrogen (secondary N) is 1. The van der Waals surface area contributed by atoms with E-state index in [-0.39, 0.29) is 0 Å². The Kier molecular flexibility index (Phi) is 5.87. The zero-order chi connectivity index (χ0) is 13.5. The molecule has 0 spiro atoms. The molecular weight excluding hydrogens is 232 g/mol. The molecule has 1 aromatic carbocycles. The monoisotopic (exact) mass is 260 g/mol. The van der Waals surface area contributed by atoms with E-state index in [4.69, 9.17) is 0 Å². The molecule has 106 valence electrons. The summed E-state index contributed by atoms with van der Waals surface area (Å²) in [5.41, 5.74) is 1.47. The molecular formula is C17H28N2. The molecule has 0 aromatic heterocycles. The molecule has 0 saturated carbocycles. The van der Waals surface area contributed by atoms with Gasteiger partial charge in [-0.3, -0.25) is 0 Å². The number of unbranched alkanes of at least 4 members (excludes halogenated alkanes) is 1. The van der Waals surface area contributed by atoms with Crippen molar-refractivity contribution in [2.75, 3.05) is 26.7 Å². The predicted molar refractivity (Wildman–Crippen MR) is 82.4 cm³/mol. The first kappa shape index (κ1) is 14.5. The normalized spacial score (nSPS) is 24.5. The Morgan fingerprint density at radius 3 is 2.74 bits per heavy atom. The number of piperidine rings is 1. The molecule has 1 aliphatic rings. The number of aryl methyl sites for hydroxylation is 1. The van der Waals surface area contributed by atoms with Gasteiger partial charge in [-0.15, -0.1) is 0 Å². The zero-order valence-electron chi connectivity index (χ0n) is 12.4. The van der Waals surface area contributed by atoms with Gasteiger partial charge >= 0.3 is 0 Å². The van der Waals surface area contributed by atoms with Crippen LogP contribution in [0, 0.1) is 5.92 Å². The summed E-state index contributed by atoms with van der Waals surface area (Å²) in [5, 5.41) is 3.75. The number of hydrogen-bond acceptors (Lipinski definition) is 2. The van der Waals surface area contributed by atoms with Crippen LogP contribution in [-0.4, -0.2) is 37.6 Å². The fourth-order valence-corrected chi connectivity index (χ4v) is 3.04. The first-order valence-corrected chi connectivity index (χ1v) is 7.71. The number of rotatable bonds is 6. The highest BCUT2D eigenvalue weighted by molar-refractivity contribution is 5.14. The van der Waals surface area contributed by atoms with E-state index < -0.39 is 0 Å². The van der Waals surface area contributed by atoms with Crippen LogP contribution in [0.5, 0.6) is 0 Å². The van der Waals surface area contributed by atoms with Crippen molar-refractivity contribution in [3.63, 3.8) is 0 Å². The minimum atomic E-state index is 0.730. The van der Waals surface area contributed by atoms with Crippen LogP contribution < -0.4 is 5.32 Å². The van der Waals surface area contributed by atoms with Crippen molar-refractivity contribution < 1.29 is 0 Å². The van der Waals surface area contributed by atoms with Gasteiger partial charge in [-0.2, -0.15) is 0 Å². The van der Waals surface area contributed by atoms with Gasteiger partial charge < -0.3 is 10.2 Å². The first-order valence-electron chi connectivity index (χ1n) is 7.71. The van der Waals surface area contributed by atoms with Crippen LogP contribution >= 0.6 is 0 Å². The van der Waals surface area contributed by atoms with Gasteiger partial charge in [-0.25, -0.2) is 0 Å². The Hall–Kier alpha value is -0.860. The third kappa shape index (κ3) is 4.96. The zero-order valence-corrected chi connectivity index (χ0v) is 12.4. The van der Waals surface area contributed by atoms with Gasteiger partial charge in [0, 0.05) is 12.6 Å².